The quantitative estimate of drug-likeness (QED) is 0.274. The zero-order valence-corrected chi connectivity index (χ0v) is 23.2. The van der Waals surface area contributed by atoms with Crippen molar-refractivity contribution < 1.29 is 42.6 Å². The highest BCUT2D eigenvalue weighted by atomic mass is 32.2. The molecule has 0 unspecified atom stereocenters. The summed E-state index contributed by atoms with van der Waals surface area (Å²) in [7, 11) is 1.84. The molecule has 2 aromatic carbocycles. The topological polar surface area (TPSA) is 151 Å². The van der Waals surface area contributed by atoms with E-state index in [1.165, 1.54) is 11.8 Å². The highest BCUT2D eigenvalue weighted by molar-refractivity contribution is 7.98. The third-order valence-electron chi connectivity index (χ3n) is 5.54. The molecular weight excluding hydrogens is 565 g/mol. The lowest BCUT2D eigenvalue weighted by molar-refractivity contribution is -0.192. The summed E-state index contributed by atoms with van der Waals surface area (Å²) in [5, 5.41) is 22.1. The number of rotatable bonds is 10. The molecule has 0 spiro atoms. The van der Waals surface area contributed by atoms with Crippen molar-refractivity contribution >= 4 is 41.2 Å². The number of carbonyl (C=O) groups excluding carboxylic acids is 2. The van der Waals surface area contributed by atoms with Crippen molar-refractivity contribution in [2.75, 3.05) is 17.3 Å². The molecule has 0 bridgehead atoms. The molecular formula is C27H29F3N4O6S. The summed E-state index contributed by atoms with van der Waals surface area (Å²) < 4.78 is 33.5. The third kappa shape index (κ3) is 10.3. The standard InChI is InChI=1S/C25H28N4O4S.C2HF3O2/c1-16-6-4-5-7-19(16)21-12-17(27-23(30)13-18-14-29(2)15-26-18)8-9-20(21)24(31)28-22(25(32)33)10-11-34-3;3-2(4,5)1(6)7/h4-9,12,14-15,22H,10-11,13H2,1-3H3,(H,27,30)(H,28,31)(H,32,33);(H,6,7)/t22-;/m0./s1. The smallest absolute Gasteiger partial charge is 0.480 e. The van der Waals surface area contributed by atoms with Gasteiger partial charge in [-0.3, -0.25) is 9.59 Å². The summed E-state index contributed by atoms with van der Waals surface area (Å²) in [5.74, 6) is -3.91. The van der Waals surface area contributed by atoms with Gasteiger partial charge >= 0.3 is 18.1 Å². The number of carboxylic acids is 2. The maximum Gasteiger partial charge on any atom is 0.490 e. The molecule has 0 radical (unpaired) electrons. The first kappa shape index (κ1) is 32.9. The van der Waals surface area contributed by atoms with E-state index < -0.39 is 30.1 Å². The van der Waals surface area contributed by atoms with Gasteiger partial charge < -0.3 is 25.4 Å². The average molecular weight is 595 g/mol. The molecule has 1 atom stereocenters. The van der Waals surface area contributed by atoms with Crippen molar-refractivity contribution in [2.24, 2.45) is 7.05 Å². The van der Waals surface area contributed by atoms with E-state index in [0.29, 0.717) is 34.7 Å². The van der Waals surface area contributed by atoms with E-state index in [4.69, 9.17) is 9.90 Å². The van der Waals surface area contributed by atoms with E-state index in [-0.39, 0.29) is 12.3 Å². The van der Waals surface area contributed by atoms with Gasteiger partial charge in [-0.1, -0.05) is 24.3 Å². The summed E-state index contributed by atoms with van der Waals surface area (Å²) in [6.07, 6.45) is 0.664. The van der Waals surface area contributed by atoms with Crippen molar-refractivity contribution in [1.29, 1.82) is 0 Å². The van der Waals surface area contributed by atoms with Crippen molar-refractivity contribution in [3.8, 4) is 11.1 Å². The lowest BCUT2D eigenvalue weighted by Crippen LogP contribution is -2.41. The van der Waals surface area contributed by atoms with Gasteiger partial charge in [0.1, 0.15) is 6.04 Å². The van der Waals surface area contributed by atoms with Crippen LogP contribution in [0.5, 0.6) is 0 Å². The normalized spacial score (nSPS) is 11.6. The Labute approximate surface area is 238 Å². The molecule has 3 rings (SSSR count). The van der Waals surface area contributed by atoms with Gasteiger partial charge in [0.05, 0.1) is 18.4 Å². The Bertz CT molecular complexity index is 1390. The number of benzene rings is 2. The number of nitrogens with zero attached hydrogens (tertiary/aromatic N) is 2. The lowest BCUT2D eigenvalue weighted by atomic mass is 9.94. The Morgan fingerprint density at radius 3 is 2.27 bits per heavy atom. The maximum absolute atomic E-state index is 13.1. The molecule has 3 aromatic rings. The average Bonchev–Trinajstić information content (AvgIpc) is 3.30. The Kier molecular flexibility index (Phi) is 11.9. The number of halogens is 3. The fourth-order valence-corrected chi connectivity index (χ4v) is 4.05. The predicted octanol–water partition coefficient (Wildman–Crippen LogP) is 4.15. The van der Waals surface area contributed by atoms with E-state index in [9.17, 15) is 32.7 Å². The molecule has 0 saturated heterocycles. The van der Waals surface area contributed by atoms with Crippen LogP contribution in [-0.4, -0.2) is 67.7 Å². The third-order valence-corrected chi connectivity index (χ3v) is 6.18. The van der Waals surface area contributed by atoms with Gasteiger partial charge in [-0.2, -0.15) is 24.9 Å². The zero-order chi connectivity index (χ0) is 30.7. The molecule has 1 aromatic heterocycles. The molecule has 1 heterocycles. The van der Waals surface area contributed by atoms with Crippen molar-refractivity contribution in [3.05, 3.63) is 71.8 Å². The summed E-state index contributed by atoms with van der Waals surface area (Å²) in [5.41, 5.74) is 3.91. The number of hydrogen-bond donors (Lipinski definition) is 4. The molecule has 220 valence electrons. The van der Waals surface area contributed by atoms with Gasteiger partial charge in [0.15, 0.2) is 0 Å². The Balaban J connectivity index is 0.000000745. The number of thioether (sulfide) groups is 1. The van der Waals surface area contributed by atoms with Gasteiger partial charge in [-0.05, 0) is 60.2 Å². The van der Waals surface area contributed by atoms with Crippen molar-refractivity contribution in [3.63, 3.8) is 0 Å². The number of anilines is 1. The molecule has 14 heteroatoms. The van der Waals surface area contributed by atoms with Crippen LogP contribution in [0.3, 0.4) is 0 Å². The Hall–Kier alpha value is -4.33. The minimum Gasteiger partial charge on any atom is -0.480 e. The minimum absolute atomic E-state index is 0.124. The molecule has 0 saturated carbocycles. The SMILES string of the molecule is CSCC[C@H](NC(=O)c1ccc(NC(=O)Cc2cn(C)cn2)cc1-c1ccccc1C)C(=O)O.O=C(O)C(F)(F)F. The number of imidazole rings is 1. The second-order valence-corrected chi connectivity index (χ2v) is 9.76. The van der Waals surface area contributed by atoms with Crippen LogP contribution in [-0.2, 0) is 27.9 Å². The van der Waals surface area contributed by atoms with E-state index in [2.05, 4.69) is 15.6 Å². The van der Waals surface area contributed by atoms with Crippen molar-refractivity contribution in [1.82, 2.24) is 14.9 Å². The number of aliphatic carboxylic acids is 2. The van der Waals surface area contributed by atoms with E-state index >= 15 is 0 Å². The van der Waals surface area contributed by atoms with E-state index in [1.54, 1.807) is 35.3 Å². The second kappa shape index (κ2) is 14.9. The zero-order valence-electron chi connectivity index (χ0n) is 22.4. The molecule has 0 fully saturated rings. The monoisotopic (exact) mass is 594 g/mol. The summed E-state index contributed by atoms with van der Waals surface area (Å²) in [6.45, 7) is 1.93. The Morgan fingerprint density at radius 2 is 1.73 bits per heavy atom. The van der Waals surface area contributed by atoms with Gasteiger partial charge in [0.2, 0.25) is 5.91 Å². The summed E-state index contributed by atoms with van der Waals surface area (Å²) in [6, 6.07) is 11.6. The van der Waals surface area contributed by atoms with Gasteiger partial charge in [-0.15, -0.1) is 0 Å². The van der Waals surface area contributed by atoms with Gasteiger partial charge in [0.25, 0.3) is 5.91 Å². The van der Waals surface area contributed by atoms with Crippen LogP contribution in [0.15, 0.2) is 55.0 Å². The molecule has 0 aliphatic heterocycles. The fraction of sp³-hybridized carbons (Fsp3) is 0.296. The van der Waals surface area contributed by atoms with Gasteiger partial charge in [-0.25, -0.2) is 14.6 Å². The van der Waals surface area contributed by atoms with E-state index in [1.807, 2.05) is 44.5 Å². The van der Waals surface area contributed by atoms with Crippen LogP contribution >= 0.6 is 11.8 Å². The lowest BCUT2D eigenvalue weighted by Gasteiger charge is -2.18. The van der Waals surface area contributed by atoms with Crippen LogP contribution in [0, 0.1) is 6.92 Å². The number of amides is 2. The number of aryl methyl sites for hydroxylation is 2. The van der Waals surface area contributed by atoms with Crippen LogP contribution < -0.4 is 10.6 Å². The molecule has 2 amide bonds. The Morgan fingerprint density at radius 1 is 1.07 bits per heavy atom. The molecule has 41 heavy (non-hydrogen) atoms. The van der Waals surface area contributed by atoms with E-state index in [0.717, 1.165) is 11.1 Å². The molecule has 0 aliphatic carbocycles. The van der Waals surface area contributed by atoms with Crippen molar-refractivity contribution in [2.45, 2.75) is 32.0 Å². The molecule has 4 N–H and O–H groups in total. The largest absolute Gasteiger partial charge is 0.490 e. The number of nitrogens with one attached hydrogen (secondary N) is 2. The molecule has 0 aliphatic rings. The first-order valence-electron chi connectivity index (χ1n) is 12.0. The maximum atomic E-state index is 13.1. The predicted molar refractivity (Wildman–Crippen MR) is 148 cm³/mol. The first-order chi connectivity index (χ1) is 19.2. The number of carboxylic acid groups (broad SMARTS) is 2. The number of aromatic nitrogens is 2. The second-order valence-electron chi connectivity index (χ2n) is 8.78. The first-order valence-corrected chi connectivity index (χ1v) is 13.4. The number of hydrogen-bond acceptors (Lipinski definition) is 6. The van der Waals surface area contributed by atoms with Gasteiger partial charge in [0, 0.05) is 24.5 Å². The number of carbonyl (C=O) groups is 4. The van der Waals surface area contributed by atoms with Crippen LogP contribution in [0.4, 0.5) is 18.9 Å². The minimum atomic E-state index is -5.08. The highest BCUT2D eigenvalue weighted by Gasteiger charge is 2.38. The summed E-state index contributed by atoms with van der Waals surface area (Å²) in [4.78, 5) is 50.4. The van der Waals surface area contributed by atoms with Crippen LogP contribution in [0.1, 0.15) is 28.0 Å². The summed E-state index contributed by atoms with van der Waals surface area (Å²) >= 11 is 1.52. The number of alkyl halides is 3. The van der Waals surface area contributed by atoms with Crippen LogP contribution in [0.25, 0.3) is 11.1 Å². The fourth-order valence-electron chi connectivity index (χ4n) is 3.57. The van der Waals surface area contributed by atoms with Crippen LogP contribution in [0.2, 0.25) is 0 Å². The molecule has 10 nitrogen and oxygen atoms in total. The highest BCUT2D eigenvalue weighted by Crippen LogP contribution is 2.30.